The monoisotopic (exact) mass is 225 g/mol. The van der Waals surface area contributed by atoms with Gasteiger partial charge in [0.05, 0.1) is 18.5 Å². The SMILES string of the molecule is Fc1ccc(F)c(NCC2CCC=CO2)c1. The highest BCUT2D eigenvalue weighted by Crippen LogP contribution is 2.17. The van der Waals surface area contributed by atoms with E-state index in [1.54, 1.807) is 6.26 Å². The van der Waals surface area contributed by atoms with Crippen molar-refractivity contribution in [3.63, 3.8) is 0 Å². The maximum absolute atomic E-state index is 13.2. The fraction of sp³-hybridized carbons (Fsp3) is 0.333. The molecule has 0 amide bonds. The third-order valence-electron chi connectivity index (χ3n) is 2.47. The summed E-state index contributed by atoms with van der Waals surface area (Å²) in [5.41, 5.74) is 0.179. The predicted molar refractivity (Wildman–Crippen MR) is 58.1 cm³/mol. The van der Waals surface area contributed by atoms with Gasteiger partial charge in [0.15, 0.2) is 0 Å². The van der Waals surface area contributed by atoms with Crippen molar-refractivity contribution in [3.05, 3.63) is 42.2 Å². The van der Waals surface area contributed by atoms with Gasteiger partial charge in [-0.15, -0.1) is 0 Å². The molecule has 2 nitrogen and oxygen atoms in total. The fourth-order valence-electron chi connectivity index (χ4n) is 1.59. The van der Waals surface area contributed by atoms with Crippen molar-refractivity contribution in [2.24, 2.45) is 0 Å². The molecule has 0 spiro atoms. The molecule has 1 heterocycles. The van der Waals surface area contributed by atoms with E-state index >= 15 is 0 Å². The maximum Gasteiger partial charge on any atom is 0.146 e. The molecule has 1 aliphatic rings. The molecule has 2 rings (SSSR count). The molecular formula is C12H13F2NO. The van der Waals surface area contributed by atoms with Crippen molar-refractivity contribution in [3.8, 4) is 0 Å². The quantitative estimate of drug-likeness (QED) is 0.853. The van der Waals surface area contributed by atoms with Gasteiger partial charge in [-0.05, 0) is 37.1 Å². The molecule has 0 fully saturated rings. The van der Waals surface area contributed by atoms with Crippen LogP contribution in [0.2, 0.25) is 0 Å². The number of ether oxygens (including phenoxy) is 1. The molecule has 1 unspecified atom stereocenters. The van der Waals surface area contributed by atoms with Crippen LogP contribution in [0.3, 0.4) is 0 Å². The molecule has 0 aliphatic carbocycles. The smallest absolute Gasteiger partial charge is 0.146 e. The third-order valence-corrected chi connectivity index (χ3v) is 2.47. The number of rotatable bonds is 3. The van der Waals surface area contributed by atoms with Crippen LogP contribution in [0.4, 0.5) is 14.5 Å². The summed E-state index contributed by atoms with van der Waals surface area (Å²) in [6, 6.07) is 3.35. The highest BCUT2D eigenvalue weighted by atomic mass is 19.1. The zero-order valence-corrected chi connectivity index (χ0v) is 8.75. The highest BCUT2D eigenvalue weighted by molar-refractivity contribution is 5.44. The minimum absolute atomic E-state index is 0.0210. The zero-order valence-electron chi connectivity index (χ0n) is 8.75. The van der Waals surface area contributed by atoms with Gasteiger partial charge >= 0.3 is 0 Å². The molecule has 1 aliphatic heterocycles. The molecule has 1 N–H and O–H groups in total. The Balaban J connectivity index is 1.93. The topological polar surface area (TPSA) is 21.3 Å². The molecule has 0 radical (unpaired) electrons. The summed E-state index contributed by atoms with van der Waals surface area (Å²) in [5.74, 6) is -0.902. The van der Waals surface area contributed by atoms with E-state index in [0.29, 0.717) is 6.54 Å². The van der Waals surface area contributed by atoms with E-state index in [-0.39, 0.29) is 11.8 Å². The standard InChI is InChI=1S/C12H13F2NO/c13-9-4-5-11(14)12(7-9)15-8-10-3-1-2-6-16-10/h2,4-7,10,15H,1,3,8H2. The van der Waals surface area contributed by atoms with Gasteiger partial charge in [0.2, 0.25) is 0 Å². The number of allylic oxidation sites excluding steroid dienone is 1. The lowest BCUT2D eigenvalue weighted by molar-refractivity contribution is 0.135. The van der Waals surface area contributed by atoms with Gasteiger partial charge in [-0.3, -0.25) is 0 Å². The van der Waals surface area contributed by atoms with Crippen LogP contribution in [0.25, 0.3) is 0 Å². The number of anilines is 1. The van der Waals surface area contributed by atoms with Crippen LogP contribution in [0.1, 0.15) is 12.8 Å². The summed E-state index contributed by atoms with van der Waals surface area (Å²) in [6.45, 7) is 0.477. The Bertz CT molecular complexity index is 393. The van der Waals surface area contributed by atoms with Crippen LogP contribution >= 0.6 is 0 Å². The molecule has 86 valence electrons. The van der Waals surface area contributed by atoms with Crippen molar-refractivity contribution in [2.75, 3.05) is 11.9 Å². The fourth-order valence-corrected chi connectivity index (χ4v) is 1.59. The first-order valence-electron chi connectivity index (χ1n) is 5.25. The van der Waals surface area contributed by atoms with Gasteiger partial charge in [-0.2, -0.15) is 0 Å². The van der Waals surface area contributed by atoms with Crippen LogP contribution in [0, 0.1) is 11.6 Å². The molecular weight excluding hydrogens is 212 g/mol. The Morgan fingerprint density at radius 3 is 3.00 bits per heavy atom. The Kier molecular flexibility index (Phi) is 3.39. The first-order chi connectivity index (χ1) is 7.75. The second-order valence-electron chi connectivity index (χ2n) is 3.71. The van der Waals surface area contributed by atoms with E-state index in [9.17, 15) is 8.78 Å². The first-order valence-corrected chi connectivity index (χ1v) is 5.25. The molecule has 0 saturated heterocycles. The van der Waals surface area contributed by atoms with Crippen molar-refractivity contribution < 1.29 is 13.5 Å². The highest BCUT2D eigenvalue weighted by Gasteiger charge is 2.11. The second-order valence-corrected chi connectivity index (χ2v) is 3.71. The number of nitrogens with one attached hydrogen (secondary N) is 1. The van der Waals surface area contributed by atoms with E-state index < -0.39 is 11.6 Å². The van der Waals surface area contributed by atoms with Crippen LogP contribution in [0.5, 0.6) is 0 Å². The van der Waals surface area contributed by atoms with Crippen molar-refractivity contribution >= 4 is 5.69 Å². The summed E-state index contributed by atoms with van der Waals surface area (Å²) >= 11 is 0. The Hall–Kier alpha value is -1.58. The Morgan fingerprint density at radius 2 is 2.25 bits per heavy atom. The third kappa shape index (κ3) is 2.72. The molecule has 1 atom stereocenters. The van der Waals surface area contributed by atoms with Crippen LogP contribution in [0.15, 0.2) is 30.5 Å². The van der Waals surface area contributed by atoms with Crippen LogP contribution < -0.4 is 5.32 Å². The van der Waals surface area contributed by atoms with Crippen LogP contribution in [-0.4, -0.2) is 12.6 Å². The van der Waals surface area contributed by atoms with Crippen molar-refractivity contribution in [1.29, 1.82) is 0 Å². The van der Waals surface area contributed by atoms with Gasteiger partial charge in [0.25, 0.3) is 0 Å². The number of hydrogen-bond acceptors (Lipinski definition) is 2. The van der Waals surface area contributed by atoms with Gasteiger partial charge in [0, 0.05) is 0 Å². The summed E-state index contributed by atoms with van der Waals surface area (Å²) < 4.78 is 31.4. The zero-order chi connectivity index (χ0) is 11.4. The van der Waals surface area contributed by atoms with Gasteiger partial charge in [-0.1, -0.05) is 0 Å². The molecule has 1 aromatic carbocycles. The van der Waals surface area contributed by atoms with Crippen molar-refractivity contribution in [1.82, 2.24) is 0 Å². The number of benzene rings is 1. The normalized spacial score (nSPS) is 19.2. The summed E-state index contributed by atoms with van der Waals surface area (Å²) in [5, 5.41) is 2.85. The molecule has 1 aromatic rings. The lowest BCUT2D eigenvalue weighted by Crippen LogP contribution is -2.23. The summed E-state index contributed by atoms with van der Waals surface area (Å²) in [6.07, 6.45) is 5.46. The lowest BCUT2D eigenvalue weighted by Gasteiger charge is -2.20. The van der Waals surface area contributed by atoms with E-state index in [4.69, 9.17) is 4.74 Å². The summed E-state index contributed by atoms with van der Waals surface area (Å²) in [7, 11) is 0. The van der Waals surface area contributed by atoms with Gasteiger partial charge in [0.1, 0.15) is 17.7 Å². The molecule has 4 heteroatoms. The minimum atomic E-state index is -0.451. The maximum atomic E-state index is 13.2. The largest absolute Gasteiger partial charge is 0.497 e. The number of hydrogen-bond donors (Lipinski definition) is 1. The van der Waals surface area contributed by atoms with Crippen molar-refractivity contribution in [2.45, 2.75) is 18.9 Å². The number of halogens is 2. The van der Waals surface area contributed by atoms with E-state index in [0.717, 1.165) is 31.0 Å². The van der Waals surface area contributed by atoms with Gasteiger partial charge < -0.3 is 10.1 Å². The molecule has 0 saturated carbocycles. The van der Waals surface area contributed by atoms with Crippen LogP contribution in [-0.2, 0) is 4.74 Å². The summed E-state index contributed by atoms with van der Waals surface area (Å²) in [4.78, 5) is 0. The average molecular weight is 225 g/mol. The molecule has 0 aromatic heterocycles. The minimum Gasteiger partial charge on any atom is -0.497 e. The van der Waals surface area contributed by atoms with E-state index in [1.807, 2.05) is 6.08 Å². The average Bonchev–Trinajstić information content (AvgIpc) is 2.32. The lowest BCUT2D eigenvalue weighted by atomic mass is 10.1. The van der Waals surface area contributed by atoms with Gasteiger partial charge in [-0.25, -0.2) is 8.78 Å². The second kappa shape index (κ2) is 4.96. The van der Waals surface area contributed by atoms with E-state index in [1.165, 1.54) is 0 Å². The first kappa shape index (κ1) is 10.9. The molecule has 0 bridgehead atoms. The molecule has 16 heavy (non-hydrogen) atoms. The Morgan fingerprint density at radius 1 is 1.38 bits per heavy atom. The predicted octanol–water partition coefficient (Wildman–Crippen LogP) is 3.07. The van der Waals surface area contributed by atoms with E-state index in [2.05, 4.69) is 5.32 Å². The Labute approximate surface area is 92.9 Å².